The Morgan fingerprint density at radius 2 is 0.545 bits per heavy atom. The zero-order valence-electron chi connectivity index (χ0n) is 23.7. The van der Waals surface area contributed by atoms with Crippen molar-refractivity contribution < 1.29 is 8.85 Å². The number of hydrogen-bond donors (Lipinski definition) is 0. The molecule has 0 aromatic carbocycles. The average molecular weight is 485 g/mol. The van der Waals surface area contributed by atoms with Crippen molar-refractivity contribution in [2.75, 3.05) is 14.2 Å². The highest BCUT2D eigenvalue weighted by Gasteiger charge is 2.33. The molecule has 0 spiro atoms. The number of unbranched alkanes of at least 4 members (excludes halogenated alkanes) is 22. The molecular formula is C30H64O2Si. The molecule has 0 atom stereocenters. The highest BCUT2D eigenvalue weighted by molar-refractivity contribution is 6.67. The van der Waals surface area contributed by atoms with Crippen LogP contribution in [0.3, 0.4) is 0 Å². The third-order valence-electron chi connectivity index (χ3n) is 7.57. The monoisotopic (exact) mass is 484 g/mol. The van der Waals surface area contributed by atoms with Crippen molar-refractivity contribution in [2.45, 2.75) is 180 Å². The lowest BCUT2D eigenvalue weighted by Gasteiger charge is -2.27. The SMILES string of the molecule is CCCCCCCCCCCCCC[Si](CCCCCCCCCCCCCC)(OC)OC. The van der Waals surface area contributed by atoms with E-state index < -0.39 is 8.56 Å². The Labute approximate surface area is 211 Å². The van der Waals surface area contributed by atoms with E-state index in [1.54, 1.807) is 0 Å². The van der Waals surface area contributed by atoms with E-state index >= 15 is 0 Å². The normalized spacial score (nSPS) is 12.0. The Kier molecular flexibility index (Phi) is 26.8. The zero-order valence-corrected chi connectivity index (χ0v) is 24.7. The molecule has 0 rings (SSSR count). The summed E-state index contributed by atoms with van der Waals surface area (Å²) in [7, 11) is 1.86. The van der Waals surface area contributed by atoms with Gasteiger partial charge in [-0.2, -0.15) is 0 Å². The predicted molar refractivity (Wildman–Crippen MR) is 152 cm³/mol. The van der Waals surface area contributed by atoms with Crippen LogP contribution in [0.5, 0.6) is 0 Å². The van der Waals surface area contributed by atoms with Crippen molar-refractivity contribution in [2.24, 2.45) is 0 Å². The van der Waals surface area contributed by atoms with Crippen LogP contribution in [0.4, 0.5) is 0 Å². The maximum absolute atomic E-state index is 6.00. The molecule has 0 aromatic rings. The molecule has 33 heavy (non-hydrogen) atoms. The van der Waals surface area contributed by atoms with Crippen LogP contribution >= 0.6 is 0 Å². The molecule has 0 N–H and O–H groups in total. The molecule has 0 amide bonds. The summed E-state index contributed by atoms with van der Waals surface area (Å²) in [5.41, 5.74) is 0. The van der Waals surface area contributed by atoms with Gasteiger partial charge in [0.1, 0.15) is 0 Å². The van der Waals surface area contributed by atoms with Crippen LogP contribution in [0, 0.1) is 0 Å². The third kappa shape index (κ3) is 22.4. The predicted octanol–water partition coefficient (Wildman–Crippen LogP) is 11.1. The summed E-state index contributed by atoms with van der Waals surface area (Å²) in [6.45, 7) is 4.59. The van der Waals surface area contributed by atoms with Crippen LogP contribution < -0.4 is 0 Å². The Bertz CT molecular complexity index is 327. The average Bonchev–Trinajstić information content (AvgIpc) is 2.84. The molecule has 0 bridgehead atoms. The summed E-state index contributed by atoms with van der Waals surface area (Å²) in [4.78, 5) is 0. The minimum Gasteiger partial charge on any atom is -0.398 e. The highest BCUT2D eigenvalue weighted by atomic mass is 28.4. The molecule has 0 aliphatic heterocycles. The molecule has 0 saturated carbocycles. The van der Waals surface area contributed by atoms with Gasteiger partial charge in [-0.1, -0.05) is 168 Å². The third-order valence-corrected chi connectivity index (χ3v) is 11.3. The summed E-state index contributed by atoms with van der Waals surface area (Å²) in [5, 5.41) is 0. The van der Waals surface area contributed by atoms with Crippen molar-refractivity contribution >= 4 is 8.56 Å². The van der Waals surface area contributed by atoms with Crippen LogP contribution in [0.25, 0.3) is 0 Å². The van der Waals surface area contributed by atoms with E-state index in [4.69, 9.17) is 8.85 Å². The fraction of sp³-hybridized carbons (Fsp3) is 1.00. The first-order chi connectivity index (χ1) is 16.2. The van der Waals surface area contributed by atoms with Crippen LogP contribution in [0.1, 0.15) is 168 Å². The minimum atomic E-state index is -1.94. The van der Waals surface area contributed by atoms with Gasteiger partial charge in [0.05, 0.1) is 0 Å². The molecule has 200 valence electrons. The van der Waals surface area contributed by atoms with Crippen LogP contribution in [0.2, 0.25) is 12.1 Å². The Hall–Kier alpha value is 0.137. The summed E-state index contributed by atoms with van der Waals surface area (Å²) in [6.07, 6.45) is 33.9. The summed E-state index contributed by atoms with van der Waals surface area (Å²) < 4.78 is 12.0. The van der Waals surface area contributed by atoms with E-state index in [1.807, 2.05) is 14.2 Å². The molecule has 0 aromatic heterocycles. The smallest absolute Gasteiger partial charge is 0.337 e. The highest BCUT2D eigenvalue weighted by Crippen LogP contribution is 2.25. The van der Waals surface area contributed by atoms with E-state index in [0.717, 1.165) is 0 Å². The van der Waals surface area contributed by atoms with Crippen molar-refractivity contribution in [1.82, 2.24) is 0 Å². The fourth-order valence-electron chi connectivity index (χ4n) is 5.09. The standard InChI is InChI=1S/C30H64O2Si/c1-5-7-9-11-13-15-17-19-21-23-25-27-29-33(31-3,32-4)30-28-26-24-22-20-18-16-14-12-10-8-6-2/h5-30H2,1-4H3. The second-order valence-corrected chi connectivity index (χ2v) is 14.2. The lowest BCUT2D eigenvalue weighted by Crippen LogP contribution is -2.39. The molecule has 0 aliphatic rings. The van der Waals surface area contributed by atoms with Gasteiger partial charge in [-0.05, 0) is 12.1 Å². The zero-order chi connectivity index (χ0) is 24.3. The first kappa shape index (κ1) is 33.1. The van der Waals surface area contributed by atoms with E-state index in [1.165, 1.54) is 166 Å². The summed E-state index contributed by atoms with van der Waals surface area (Å²) >= 11 is 0. The van der Waals surface area contributed by atoms with Crippen molar-refractivity contribution in [3.05, 3.63) is 0 Å². The molecular weight excluding hydrogens is 420 g/mol. The van der Waals surface area contributed by atoms with Gasteiger partial charge in [-0.3, -0.25) is 0 Å². The van der Waals surface area contributed by atoms with Crippen LogP contribution in [0.15, 0.2) is 0 Å². The van der Waals surface area contributed by atoms with Gasteiger partial charge in [0, 0.05) is 14.2 Å². The van der Waals surface area contributed by atoms with Gasteiger partial charge in [0.2, 0.25) is 0 Å². The Morgan fingerprint density at radius 3 is 0.758 bits per heavy atom. The van der Waals surface area contributed by atoms with Gasteiger partial charge in [-0.15, -0.1) is 0 Å². The summed E-state index contributed by atoms with van der Waals surface area (Å²) in [5.74, 6) is 0. The molecule has 0 radical (unpaired) electrons. The van der Waals surface area contributed by atoms with Gasteiger partial charge < -0.3 is 8.85 Å². The van der Waals surface area contributed by atoms with Gasteiger partial charge in [0.15, 0.2) is 0 Å². The first-order valence-corrected chi connectivity index (χ1v) is 17.6. The van der Waals surface area contributed by atoms with E-state index in [2.05, 4.69) is 13.8 Å². The summed E-state index contributed by atoms with van der Waals surface area (Å²) in [6, 6.07) is 2.38. The molecule has 3 heteroatoms. The van der Waals surface area contributed by atoms with E-state index in [0.29, 0.717) is 0 Å². The Balaban J connectivity index is 3.58. The topological polar surface area (TPSA) is 18.5 Å². The Morgan fingerprint density at radius 1 is 0.333 bits per heavy atom. The van der Waals surface area contributed by atoms with Crippen molar-refractivity contribution in [3.63, 3.8) is 0 Å². The molecule has 0 saturated heterocycles. The lowest BCUT2D eigenvalue weighted by atomic mass is 10.1. The maximum atomic E-state index is 6.00. The molecule has 0 aliphatic carbocycles. The molecule has 0 unspecified atom stereocenters. The maximum Gasteiger partial charge on any atom is 0.337 e. The molecule has 0 heterocycles. The van der Waals surface area contributed by atoms with E-state index in [9.17, 15) is 0 Å². The molecule has 0 fully saturated rings. The van der Waals surface area contributed by atoms with Crippen molar-refractivity contribution in [3.8, 4) is 0 Å². The largest absolute Gasteiger partial charge is 0.398 e. The molecule has 2 nitrogen and oxygen atoms in total. The second-order valence-electron chi connectivity index (χ2n) is 10.6. The van der Waals surface area contributed by atoms with Crippen molar-refractivity contribution in [1.29, 1.82) is 0 Å². The fourth-order valence-corrected chi connectivity index (χ4v) is 7.90. The van der Waals surface area contributed by atoms with Crippen LogP contribution in [-0.2, 0) is 8.85 Å². The number of hydrogen-bond acceptors (Lipinski definition) is 2. The lowest BCUT2D eigenvalue weighted by molar-refractivity contribution is 0.238. The minimum absolute atomic E-state index is 1.19. The van der Waals surface area contributed by atoms with Gasteiger partial charge >= 0.3 is 8.56 Å². The second kappa shape index (κ2) is 26.7. The van der Waals surface area contributed by atoms with Crippen LogP contribution in [-0.4, -0.2) is 22.8 Å². The first-order valence-electron chi connectivity index (χ1n) is 15.3. The van der Waals surface area contributed by atoms with Gasteiger partial charge in [-0.25, -0.2) is 0 Å². The van der Waals surface area contributed by atoms with E-state index in [-0.39, 0.29) is 0 Å². The number of rotatable bonds is 28. The quantitative estimate of drug-likeness (QED) is 0.0811. The van der Waals surface area contributed by atoms with Gasteiger partial charge in [0.25, 0.3) is 0 Å².